The first kappa shape index (κ1) is 20.9. The summed E-state index contributed by atoms with van der Waals surface area (Å²) in [5, 5.41) is 0. The summed E-state index contributed by atoms with van der Waals surface area (Å²) in [5.74, 6) is 1.28. The molecule has 1 aliphatic carbocycles. The molecule has 4 nitrogen and oxygen atoms in total. The smallest absolute Gasteiger partial charge is 0.223 e. The first-order valence-electron chi connectivity index (χ1n) is 11.0. The minimum atomic E-state index is -0.151. The van der Waals surface area contributed by atoms with Crippen LogP contribution in [0.25, 0.3) is 0 Å². The van der Waals surface area contributed by atoms with Gasteiger partial charge in [-0.3, -0.25) is 9.69 Å². The number of carbonyl (C=O) groups excluding carboxylic acids is 1. The Morgan fingerprint density at radius 1 is 1.10 bits per heavy atom. The predicted octanol–water partition coefficient (Wildman–Crippen LogP) is 4.38. The van der Waals surface area contributed by atoms with Crippen LogP contribution in [-0.2, 0) is 17.8 Å². The Hall–Kier alpha value is -2.40. The molecule has 0 radical (unpaired) electrons. The first-order valence-corrected chi connectivity index (χ1v) is 11.0. The van der Waals surface area contributed by atoms with Crippen molar-refractivity contribution in [3.8, 4) is 5.75 Å². The Morgan fingerprint density at radius 2 is 1.97 bits per heavy atom. The largest absolute Gasteiger partial charge is 0.497 e. The molecule has 30 heavy (non-hydrogen) atoms. The average molecular weight is 411 g/mol. The van der Waals surface area contributed by atoms with Gasteiger partial charge in [-0.1, -0.05) is 24.3 Å². The van der Waals surface area contributed by atoms with E-state index >= 15 is 0 Å². The van der Waals surface area contributed by atoms with Gasteiger partial charge in [0.15, 0.2) is 0 Å². The number of amides is 1. The fourth-order valence-electron chi connectivity index (χ4n) is 4.82. The molecule has 1 fully saturated rings. The third-order valence-corrected chi connectivity index (χ3v) is 6.50. The number of fused-ring (bicyclic) bond motifs is 1. The molecule has 1 heterocycles. The second kappa shape index (κ2) is 9.61. The van der Waals surface area contributed by atoms with Crippen LogP contribution in [-0.4, -0.2) is 49.0 Å². The minimum absolute atomic E-state index is 0.151. The molecular formula is C25H31FN2O2. The summed E-state index contributed by atoms with van der Waals surface area (Å²) in [6.45, 7) is 3.79. The maximum atomic E-state index is 14.0. The number of ether oxygens (including phenoxy) is 1. The zero-order valence-electron chi connectivity index (χ0n) is 17.8. The van der Waals surface area contributed by atoms with Gasteiger partial charge in [-0.15, -0.1) is 0 Å². The molecule has 1 amide bonds. The monoisotopic (exact) mass is 410 g/mol. The van der Waals surface area contributed by atoms with Gasteiger partial charge in [-0.25, -0.2) is 4.39 Å². The normalized spacial score (nSPS) is 19.8. The van der Waals surface area contributed by atoms with Crippen molar-refractivity contribution < 1.29 is 13.9 Å². The molecule has 0 bridgehead atoms. The molecular weight excluding hydrogens is 379 g/mol. The topological polar surface area (TPSA) is 32.8 Å². The van der Waals surface area contributed by atoms with E-state index in [1.807, 2.05) is 23.1 Å². The lowest BCUT2D eigenvalue weighted by molar-refractivity contribution is -0.131. The fourth-order valence-corrected chi connectivity index (χ4v) is 4.82. The molecule has 2 aliphatic rings. The van der Waals surface area contributed by atoms with Crippen LogP contribution in [0, 0.1) is 5.82 Å². The Morgan fingerprint density at radius 3 is 2.80 bits per heavy atom. The number of methoxy groups -OCH3 is 1. The van der Waals surface area contributed by atoms with Gasteiger partial charge in [0, 0.05) is 44.7 Å². The van der Waals surface area contributed by atoms with Crippen LogP contribution in [0.4, 0.5) is 4.39 Å². The lowest BCUT2D eigenvalue weighted by Gasteiger charge is -2.28. The van der Waals surface area contributed by atoms with E-state index in [9.17, 15) is 9.18 Å². The van der Waals surface area contributed by atoms with Crippen LogP contribution in [0.2, 0.25) is 0 Å². The molecule has 1 atom stereocenters. The standard InChI is InChI=1S/C25H31FN2O2/c1-30-22-10-11-23-19(16-22)7-4-8-20(23)17-25(29)28-13-5-12-27(14-15-28)18-21-6-2-3-9-24(21)26/h2-3,6,9-11,16,20H,4-5,7-8,12-15,17-18H2,1H3. The zero-order chi connectivity index (χ0) is 20.9. The summed E-state index contributed by atoms with van der Waals surface area (Å²) in [6.07, 6.45) is 4.75. The quantitative estimate of drug-likeness (QED) is 0.733. The molecule has 1 saturated heterocycles. The third kappa shape index (κ3) is 4.84. The van der Waals surface area contributed by atoms with Gasteiger partial charge in [-0.05, 0) is 60.9 Å². The van der Waals surface area contributed by atoms with Crippen molar-refractivity contribution >= 4 is 5.91 Å². The van der Waals surface area contributed by atoms with E-state index in [4.69, 9.17) is 4.74 Å². The highest BCUT2D eigenvalue weighted by atomic mass is 19.1. The van der Waals surface area contributed by atoms with Crippen molar-refractivity contribution in [2.75, 3.05) is 33.3 Å². The van der Waals surface area contributed by atoms with Crippen molar-refractivity contribution in [2.45, 2.75) is 44.6 Å². The Balaban J connectivity index is 1.35. The Bertz CT molecular complexity index is 885. The van der Waals surface area contributed by atoms with E-state index in [-0.39, 0.29) is 11.7 Å². The van der Waals surface area contributed by atoms with Crippen molar-refractivity contribution in [2.24, 2.45) is 0 Å². The van der Waals surface area contributed by atoms with Gasteiger partial charge in [0.1, 0.15) is 11.6 Å². The number of aryl methyl sites for hydroxylation is 1. The molecule has 4 rings (SSSR count). The number of carbonyl (C=O) groups is 1. The van der Waals surface area contributed by atoms with Crippen LogP contribution in [0.1, 0.15) is 48.3 Å². The lowest BCUT2D eigenvalue weighted by atomic mass is 9.80. The molecule has 160 valence electrons. The molecule has 1 unspecified atom stereocenters. The van der Waals surface area contributed by atoms with E-state index < -0.39 is 0 Å². The summed E-state index contributed by atoms with van der Waals surface area (Å²) in [7, 11) is 1.69. The summed E-state index contributed by atoms with van der Waals surface area (Å²) in [6, 6.07) is 13.2. The van der Waals surface area contributed by atoms with Crippen LogP contribution < -0.4 is 4.74 Å². The molecule has 0 aromatic heterocycles. The van der Waals surface area contributed by atoms with Crippen molar-refractivity contribution in [1.29, 1.82) is 0 Å². The molecule has 0 spiro atoms. The van der Waals surface area contributed by atoms with Crippen molar-refractivity contribution in [1.82, 2.24) is 9.80 Å². The summed E-state index contributed by atoms with van der Waals surface area (Å²) in [4.78, 5) is 17.4. The molecule has 0 saturated carbocycles. The Kier molecular flexibility index (Phi) is 6.68. The Labute approximate surface area is 178 Å². The number of benzene rings is 2. The van der Waals surface area contributed by atoms with Gasteiger partial charge in [0.05, 0.1) is 7.11 Å². The van der Waals surface area contributed by atoms with Gasteiger partial charge < -0.3 is 9.64 Å². The minimum Gasteiger partial charge on any atom is -0.497 e. The first-order chi connectivity index (χ1) is 14.6. The number of nitrogens with zero attached hydrogens (tertiary/aromatic N) is 2. The number of halogens is 1. The van der Waals surface area contributed by atoms with Crippen LogP contribution in [0.15, 0.2) is 42.5 Å². The zero-order valence-corrected chi connectivity index (χ0v) is 17.8. The number of hydrogen-bond acceptors (Lipinski definition) is 3. The average Bonchev–Trinajstić information content (AvgIpc) is 3.01. The van der Waals surface area contributed by atoms with E-state index in [0.717, 1.165) is 63.2 Å². The van der Waals surface area contributed by atoms with Crippen LogP contribution in [0.5, 0.6) is 5.75 Å². The van der Waals surface area contributed by atoms with E-state index in [1.54, 1.807) is 13.2 Å². The van der Waals surface area contributed by atoms with Crippen LogP contribution >= 0.6 is 0 Å². The summed E-state index contributed by atoms with van der Waals surface area (Å²) >= 11 is 0. The highest BCUT2D eigenvalue weighted by Crippen LogP contribution is 2.36. The second-order valence-corrected chi connectivity index (χ2v) is 8.46. The second-order valence-electron chi connectivity index (χ2n) is 8.46. The molecule has 2 aromatic carbocycles. The van der Waals surface area contributed by atoms with Crippen molar-refractivity contribution in [3.05, 3.63) is 65.0 Å². The maximum absolute atomic E-state index is 14.0. The van der Waals surface area contributed by atoms with E-state index in [2.05, 4.69) is 17.0 Å². The van der Waals surface area contributed by atoms with Gasteiger partial charge in [-0.2, -0.15) is 0 Å². The number of rotatable bonds is 5. The van der Waals surface area contributed by atoms with E-state index in [0.29, 0.717) is 18.9 Å². The van der Waals surface area contributed by atoms with Crippen molar-refractivity contribution in [3.63, 3.8) is 0 Å². The predicted molar refractivity (Wildman–Crippen MR) is 116 cm³/mol. The van der Waals surface area contributed by atoms with Gasteiger partial charge >= 0.3 is 0 Å². The molecule has 5 heteroatoms. The fraction of sp³-hybridized carbons (Fsp3) is 0.480. The molecule has 1 aliphatic heterocycles. The van der Waals surface area contributed by atoms with Gasteiger partial charge in [0.25, 0.3) is 0 Å². The molecule has 2 aromatic rings. The van der Waals surface area contributed by atoms with Crippen LogP contribution in [0.3, 0.4) is 0 Å². The number of hydrogen-bond donors (Lipinski definition) is 0. The maximum Gasteiger partial charge on any atom is 0.223 e. The highest BCUT2D eigenvalue weighted by molar-refractivity contribution is 5.77. The molecule has 0 N–H and O–H groups in total. The SMILES string of the molecule is COc1ccc2c(c1)CCCC2CC(=O)N1CCCN(Cc2ccccc2F)CC1. The van der Waals surface area contributed by atoms with E-state index in [1.165, 1.54) is 17.2 Å². The lowest BCUT2D eigenvalue weighted by Crippen LogP contribution is -2.36. The summed E-state index contributed by atoms with van der Waals surface area (Å²) in [5.41, 5.74) is 3.36. The van der Waals surface area contributed by atoms with Gasteiger partial charge in [0.2, 0.25) is 5.91 Å². The summed E-state index contributed by atoms with van der Waals surface area (Å²) < 4.78 is 19.3. The third-order valence-electron chi connectivity index (χ3n) is 6.50. The highest BCUT2D eigenvalue weighted by Gasteiger charge is 2.26.